The molecule has 0 saturated carbocycles. The summed E-state index contributed by atoms with van der Waals surface area (Å²) in [6.45, 7) is 3.87. The van der Waals surface area contributed by atoms with Crippen LogP contribution in [0.3, 0.4) is 0 Å². The van der Waals surface area contributed by atoms with Crippen molar-refractivity contribution in [2.24, 2.45) is 17.4 Å². The van der Waals surface area contributed by atoms with Gasteiger partial charge in [-0.2, -0.15) is 16.8 Å². The van der Waals surface area contributed by atoms with E-state index in [1.807, 2.05) is 13.8 Å². The second-order valence-corrected chi connectivity index (χ2v) is 10.7. The van der Waals surface area contributed by atoms with Gasteiger partial charge in [-0.25, -0.2) is 0 Å². The molecule has 0 spiro atoms. The molecular formula is C21H33BN2O10S2. The number of aryl methyl sites for hydroxylation is 2. The Kier molecular flexibility index (Phi) is 14.7. The quantitative estimate of drug-likeness (QED) is 0.169. The van der Waals surface area contributed by atoms with Crippen molar-refractivity contribution < 1.29 is 45.9 Å². The fourth-order valence-corrected chi connectivity index (χ4v) is 3.59. The van der Waals surface area contributed by atoms with E-state index in [0.29, 0.717) is 12.8 Å². The topological polar surface area (TPSA) is 239 Å². The maximum absolute atomic E-state index is 10.5. The molecule has 2 aromatic rings. The van der Waals surface area contributed by atoms with E-state index >= 15 is 0 Å². The van der Waals surface area contributed by atoms with Gasteiger partial charge in [0.05, 0.1) is 9.79 Å². The Labute approximate surface area is 211 Å². The monoisotopic (exact) mass is 548 g/mol. The molecule has 0 aliphatic carbocycles. The van der Waals surface area contributed by atoms with Crippen LogP contribution in [0.1, 0.15) is 24.0 Å². The molecule has 2 atom stereocenters. The summed E-state index contributed by atoms with van der Waals surface area (Å²) in [7, 11) is -9.39. The van der Waals surface area contributed by atoms with Crippen molar-refractivity contribution >= 4 is 33.3 Å². The van der Waals surface area contributed by atoms with Gasteiger partial charge in [0.15, 0.2) is 0 Å². The van der Waals surface area contributed by atoms with E-state index in [9.17, 15) is 21.6 Å². The fourth-order valence-electron chi connectivity index (χ4n) is 2.63. The van der Waals surface area contributed by atoms with Crippen LogP contribution in [0.25, 0.3) is 0 Å². The molecule has 0 amide bonds. The number of nitrogens with two attached hydrogens (primary N) is 2. The third-order valence-electron chi connectivity index (χ3n) is 4.77. The van der Waals surface area contributed by atoms with Gasteiger partial charge >= 0.3 is 13.1 Å². The lowest BCUT2D eigenvalue weighted by Crippen LogP contribution is -2.41. The summed E-state index contributed by atoms with van der Waals surface area (Å²) < 4.78 is 59.1. The molecule has 0 saturated heterocycles. The molecule has 0 unspecified atom stereocenters. The number of aliphatic carboxylic acids is 1. The molecule has 0 radical (unpaired) electrons. The Morgan fingerprint density at radius 1 is 0.861 bits per heavy atom. The van der Waals surface area contributed by atoms with Crippen LogP contribution in [-0.2, 0) is 25.0 Å². The van der Waals surface area contributed by atoms with Crippen LogP contribution in [-0.4, -0.2) is 66.8 Å². The third-order valence-corrected chi connectivity index (χ3v) is 6.51. The van der Waals surface area contributed by atoms with Gasteiger partial charge < -0.3 is 26.6 Å². The number of rotatable bonds is 9. The summed E-state index contributed by atoms with van der Waals surface area (Å²) in [5.74, 6) is -1.39. The van der Waals surface area contributed by atoms with Crippen LogP contribution in [0, 0.1) is 19.8 Å². The smallest absolute Gasteiger partial charge is 0.451 e. The highest BCUT2D eigenvalue weighted by molar-refractivity contribution is 7.86. The molecule has 2 aromatic carbocycles. The molecular weight excluding hydrogens is 515 g/mol. The average molecular weight is 548 g/mol. The highest BCUT2D eigenvalue weighted by Crippen LogP contribution is 2.12. The van der Waals surface area contributed by atoms with E-state index in [2.05, 4.69) is 0 Å². The van der Waals surface area contributed by atoms with E-state index in [4.69, 9.17) is 35.7 Å². The Morgan fingerprint density at radius 2 is 1.22 bits per heavy atom. The minimum Gasteiger partial charge on any atom is -0.480 e. The number of carboxylic acid groups (broad SMARTS) is 1. The van der Waals surface area contributed by atoms with E-state index in [1.165, 1.54) is 24.3 Å². The summed E-state index contributed by atoms with van der Waals surface area (Å²) >= 11 is 0. The maximum Gasteiger partial charge on any atom is 0.451 e. The van der Waals surface area contributed by atoms with Crippen LogP contribution in [0.2, 0.25) is 6.32 Å². The van der Waals surface area contributed by atoms with Crippen LogP contribution in [0.4, 0.5) is 0 Å². The van der Waals surface area contributed by atoms with Gasteiger partial charge in [-0.15, -0.1) is 0 Å². The van der Waals surface area contributed by atoms with Crippen molar-refractivity contribution in [3.05, 3.63) is 59.7 Å². The number of carboxylic acids is 1. The molecule has 2 rings (SSSR count). The molecule has 0 aliphatic heterocycles. The van der Waals surface area contributed by atoms with E-state index in [1.54, 1.807) is 24.3 Å². The van der Waals surface area contributed by atoms with Crippen molar-refractivity contribution in [1.29, 1.82) is 0 Å². The normalized spacial score (nSPS) is 12.8. The largest absolute Gasteiger partial charge is 0.480 e. The van der Waals surface area contributed by atoms with E-state index < -0.39 is 39.4 Å². The minimum absolute atomic E-state index is 0.0666. The Bertz CT molecular complexity index is 1070. The van der Waals surface area contributed by atoms with Crippen LogP contribution >= 0.6 is 0 Å². The van der Waals surface area contributed by atoms with Gasteiger partial charge in [0.1, 0.15) is 6.04 Å². The second kappa shape index (κ2) is 15.7. The predicted octanol–water partition coefficient (Wildman–Crippen LogP) is 0.710. The van der Waals surface area contributed by atoms with Crippen molar-refractivity contribution in [2.75, 3.05) is 6.54 Å². The number of benzene rings is 2. The van der Waals surface area contributed by atoms with Crippen LogP contribution < -0.4 is 11.5 Å². The van der Waals surface area contributed by atoms with Crippen molar-refractivity contribution in [3.8, 4) is 0 Å². The SMILES string of the molecule is Cc1ccc(S(=O)(=O)O)cc1.Cc1ccc(S(=O)(=O)O)cc1.NC[C@@H](CCCB(O)O)[C@H](N)C(=O)O. The van der Waals surface area contributed by atoms with Crippen molar-refractivity contribution in [3.63, 3.8) is 0 Å². The van der Waals surface area contributed by atoms with Crippen LogP contribution in [0.15, 0.2) is 58.3 Å². The molecule has 0 fully saturated rings. The fraction of sp³-hybridized carbons (Fsp3) is 0.381. The molecule has 36 heavy (non-hydrogen) atoms. The summed E-state index contributed by atoms with van der Waals surface area (Å²) in [4.78, 5) is 10.4. The average Bonchev–Trinajstić information content (AvgIpc) is 2.76. The molecule has 0 aromatic heterocycles. The van der Waals surface area contributed by atoms with Crippen LogP contribution in [0.5, 0.6) is 0 Å². The van der Waals surface area contributed by atoms with Gasteiger partial charge in [0.25, 0.3) is 20.2 Å². The molecule has 15 heteroatoms. The Morgan fingerprint density at radius 3 is 1.47 bits per heavy atom. The third kappa shape index (κ3) is 14.3. The zero-order valence-corrected chi connectivity index (χ0v) is 21.6. The molecule has 12 nitrogen and oxygen atoms in total. The van der Waals surface area contributed by atoms with Crippen molar-refractivity contribution in [1.82, 2.24) is 0 Å². The summed E-state index contributed by atoms with van der Waals surface area (Å²) in [6.07, 6.45) is 1.20. The van der Waals surface area contributed by atoms with E-state index in [-0.39, 0.29) is 28.6 Å². The summed E-state index contributed by atoms with van der Waals surface area (Å²) in [5.41, 5.74) is 12.7. The van der Waals surface area contributed by atoms with Crippen molar-refractivity contribution in [2.45, 2.75) is 48.8 Å². The molecule has 9 N–H and O–H groups in total. The zero-order valence-electron chi connectivity index (χ0n) is 19.9. The lowest BCUT2D eigenvalue weighted by molar-refractivity contribution is -0.139. The summed E-state index contributed by atoms with van der Waals surface area (Å²) in [5, 5.41) is 25.7. The molecule has 0 bridgehead atoms. The Hall–Kier alpha value is -2.37. The van der Waals surface area contributed by atoms with Gasteiger partial charge in [-0.1, -0.05) is 41.8 Å². The molecule has 0 heterocycles. The molecule has 202 valence electrons. The summed E-state index contributed by atoms with van der Waals surface area (Å²) in [6, 6.07) is 11.0. The standard InChI is InChI=1S/C7H17BN2O4.2C7H8O3S/c9-4-5(6(10)7(11)12)2-1-3-8(13)14;2*1-6-2-4-7(5-3-6)11(8,9)10/h5-6,13-14H,1-4,9-10H2,(H,11,12);2*2-5H,1H3,(H,8,9,10)/t5-,6+;;/m1../s1. The number of hydrogen-bond donors (Lipinski definition) is 7. The van der Waals surface area contributed by atoms with E-state index in [0.717, 1.165) is 11.1 Å². The van der Waals surface area contributed by atoms with Gasteiger partial charge in [0.2, 0.25) is 0 Å². The first-order chi connectivity index (χ1) is 16.5. The predicted molar refractivity (Wildman–Crippen MR) is 134 cm³/mol. The number of carbonyl (C=O) groups is 1. The van der Waals surface area contributed by atoms with Gasteiger partial charge in [0, 0.05) is 0 Å². The highest BCUT2D eigenvalue weighted by Gasteiger charge is 2.23. The zero-order chi connectivity index (χ0) is 28.1. The van der Waals surface area contributed by atoms with Gasteiger partial charge in [-0.05, 0) is 63.3 Å². The first kappa shape index (κ1) is 33.6. The van der Waals surface area contributed by atoms with Gasteiger partial charge in [-0.3, -0.25) is 13.9 Å². The lowest BCUT2D eigenvalue weighted by Gasteiger charge is -2.18. The Balaban J connectivity index is 0.000000515. The highest BCUT2D eigenvalue weighted by atomic mass is 32.2. The second-order valence-electron chi connectivity index (χ2n) is 7.85. The number of hydrogen-bond acceptors (Lipinski definition) is 9. The molecule has 0 aliphatic rings. The minimum atomic E-state index is -4.02. The lowest BCUT2D eigenvalue weighted by atomic mass is 9.81. The maximum atomic E-state index is 10.5. The first-order valence-electron chi connectivity index (χ1n) is 10.6. The first-order valence-corrected chi connectivity index (χ1v) is 13.5.